The third-order valence-corrected chi connectivity index (χ3v) is 4.88. The molecule has 20 heavy (non-hydrogen) atoms. The number of nitrogen functional groups attached to an aromatic ring is 1. The molecule has 0 radical (unpaired) electrons. The summed E-state index contributed by atoms with van der Waals surface area (Å²) in [5.74, 6) is 0.841. The molecule has 2 heterocycles. The third kappa shape index (κ3) is 2.90. The van der Waals surface area contributed by atoms with Gasteiger partial charge in [0, 0.05) is 18.6 Å². The zero-order valence-corrected chi connectivity index (χ0v) is 13.5. The lowest BCUT2D eigenvalue weighted by Gasteiger charge is -2.38. The highest BCUT2D eigenvalue weighted by Gasteiger charge is 2.31. The molecule has 1 fully saturated rings. The Morgan fingerprint density at radius 2 is 2.20 bits per heavy atom. The fourth-order valence-corrected chi connectivity index (χ4v) is 3.59. The van der Waals surface area contributed by atoms with Gasteiger partial charge in [-0.3, -0.25) is 4.79 Å². The Kier molecular flexibility index (Phi) is 4.52. The molecular weight excluding hydrogens is 272 g/mol. The summed E-state index contributed by atoms with van der Waals surface area (Å²) in [6.07, 6.45) is 2.38. The van der Waals surface area contributed by atoms with Crippen molar-refractivity contribution in [2.45, 2.75) is 52.6 Å². The van der Waals surface area contributed by atoms with Gasteiger partial charge in [-0.25, -0.2) is 0 Å². The molecule has 1 aliphatic heterocycles. The van der Waals surface area contributed by atoms with Crippen LogP contribution in [0.4, 0.5) is 10.8 Å². The van der Waals surface area contributed by atoms with E-state index in [1.54, 1.807) is 0 Å². The average Bonchev–Trinajstić information content (AvgIpc) is 2.73. The fraction of sp³-hybridized carbons (Fsp3) is 0.714. The van der Waals surface area contributed by atoms with Gasteiger partial charge in [0.2, 0.25) is 0 Å². The van der Waals surface area contributed by atoms with Crippen molar-refractivity contribution >= 4 is 28.3 Å². The average molecular weight is 296 g/mol. The first-order valence-corrected chi connectivity index (χ1v) is 8.01. The molecule has 0 bridgehead atoms. The number of nitrogens with one attached hydrogen (secondary N) is 1. The monoisotopic (exact) mass is 296 g/mol. The maximum Gasteiger partial charge on any atom is 0.258 e. The Hall–Kier alpha value is -1.30. The Morgan fingerprint density at radius 1 is 1.50 bits per heavy atom. The standard InChI is InChI=1S/C14H24N4OS/c1-8(2)16-13(19)11-12(15)17-20-14(11)18-7-5-6-9(3)10(18)4/h8-10H,5-7H2,1-4H3,(H2,15,17)(H,16,19). The number of amides is 1. The first-order valence-electron chi connectivity index (χ1n) is 7.24. The van der Waals surface area contributed by atoms with Gasteiger partial charge < -0.3 is 16.0 Å². The molecule has 2 rings (SSSR count). The van der Waals surface area contributed by atoms with Crippen LogP contribution in [0.3, 0.4) is 0 Å². The number of nitrogens with two attached hydrogens (primary N) is 1. The van der Waals surface area contributed by atoms with Gasteiger partial charge in [-0.05, 0) is 51.1 Å². The van der Waals surface area contributed by atoms with Crippen LogP contribution in [0.2, 0.25) is 0 Å². The van der Waals surface area contributed by atoms with Crippen LogP contribution in [0.25, 0.3) is 0 Å². The summed E-state index contributed by atoms with van der Waals surface area (Å²) in [4.78, 5) is 14.6. The van der Waals surface area contributed by atoms with Crippen LogP contribution < -0.4 is 16.0 Å². The van der Waals surface area contributed by atoms with Crippen molar-refractivity contribution < 1.29 is 4.79 Å². The first kappa shape index (κ1) is 15.1. The highest BCUT2D eigenvalue weighted by Crippen LogP contribution is 2.36. The van der Waals surface area contributed by atoms with E-state index in [-0.39, 0.29) is 11.9 Å². The number of hydrogen-bond acceptors (Lipinski definition) is 5. The molecule has 0 saturated carbocycles. The highest BCUT2D eigenvalue weighted by atomic mass is 32.1. The van der Waals surface area contributed by atoms with Crippen LogP contribution in [-0.2, 0) is 0 Å². The van der Waals surface area contributed by atoms with Crippen molar-refractivity contribution in [2.24, 2.45) is 5.92 Å². The SMILES string of the molecule is CC(C)NC(=O)c1c(N)nsc1N1CCCC(C)C1C. The molecule has 1 aliphatic rings. The van der Waals surface area contributed by atoms with Gasteiger partial charge in [-0.1, -0.05) is 6.92 Å². The summed E-state index contributed by atoms with van der Waals surface area (Å²) < 4.78 is 4.20. The molecule has 6 heteroatoms. The number of carbonyl (C=O) groups is 1. The lowest BCUT2D eigenvalue weighted by Crippen LogP contribution is -2.43. The highest BCUT2D eigenvalue weighted by molar-refractivity contribution is 7.11. The van der Waals surface area contributed by atoms with Crippen molar-refractivity contribution in [1.29, 1.82) is 0 Å². The normalized spacial score (nSPS) is 23.1. The predicted octanol–water partition coefficient (Wildman–Crippen LogP) is 2.49. The lowest BCUT2D eigenvalue weighted by atomic mass is 9.92. The van der Waals surface area contributed by atoms with Crippen LogP contribution in [0.5, 0.6) is 0 Å². The lowest BCUT2D eigenvalue weighted by molar-refractivity contribution is 0.0944. The smallest absolute Gasteiger partial charge is 0.258 e. The van der Waals surface area contributed by atoms with Gasteiger partial charge in [-0.2, -0.15) is 4.37 Å². The molecular formula is C14H24N4OS. The summed E-state index contributed by atoms with van der Waals surface area (Å²) in [7, 11) is 0. The minimum Gasteiger partial charge on any atom is -0.382 e. The van der Waals surface area contributed by atoms with Gasteiger partial charge >= 0.3 is 0 Å². The third-order valence-electron chi connectivity index (χ3n) is 3.98. The summed E-state index contributed by atoms with van der Waals surface area (Å²) >= 11 is 1.33. The molecule has 1 saturated heterocycles. The minimum atomic E-state index is -0.119. The molecule has 112 valence electrons. The van der Waals surface area contributed by atoms with E-state index in [9.17, 15) is 4.79 Å². The Morgan fingerprint density at radius 3 is 2.85 bits per heavy atom. The quantitative estimate of drug-likeness (QED) is 0.899. The number of aromatic nitrogens is 1. The largest absolute Gasteiger partial charge is 0.382 e. The van der Waals surface area contributed by atoms with Crippen LogP contribution in [0.15, 0.2) is 0 Å². The first-order chi connectivity index (χ1) is 9.41. The predicted molar refractivity (Wildman–Crippen MR) is 84.3 cm³/mol. The topological polar surface area (TPSA) is 71.2 Å². The molecule has 5 nitrogen and oxygen atoms in total. The van der Waals surface area contributed by atoms with Gasteiger partial charge in [0.15, 0.2) is 5.82 Å². The van der Waals surface area contributed by atoms with Crippen molar-refractivity contribution in [2.75, 3.05) is 17.2 Å². The maximum absolute atomic E-state index is 12.3. The second-order valence-electron chi connectivity index (χ2n) is 5.93. The molecule has 0 spiro atoms. The number of carbonyl (C=O) groups excluding carboxylic acids is 1. The van der Waals surface area contributed by atoms with Gasteiger partial charge in [0.05, 0.1) is 0 Å². The molecule has 1 aromatic heterocycles. The Labute approximate surface area is 124 Å². The number of nitrogens with zero attached hydrogens (tertiary/aromatic N) is 2. The van der Waals surface area contributed by atoms with Gasteiger partial charge in [0.1, 0.15) is 10.6 Å². The fourth-order valence-electron chi connectivity index (χ4n) is 2.66. The Balaban J connectivity index is 2.30. The molecule has 3 N–H and O–H groups in total. The molecule has 1 amide bonds. The zero-order valence-electron chi connectivity index (χ0n) is 12.6. The summed E-state index contributed by atoms with van der Waals surface area (Å²) in [5.41, 5.74) is 6.46. The second-order valence-corrected chi connectivity index (χ2v) is 6.68. The molecule has 2 unspecified atom stereocenters. The van der Waals surface area contributed by atoms with E-state index in [0.29, 0.717) is 23.3 Å². The van der Waals surface area contributed by atoms with E-state index in [2.05, 4.69) is 28.4 Å². The van der Waals surface area contributed by atoms with Crippen LogP contribution in [-0.4, -0.2) is 28.9 Å². The maximum atomic E-state index is 12.3. The van der Waals surface area contributed by atoms with Crippen LogP contribution in [0.1, 0.15) is 50.9 Å². The van der Waals surface area contributed by atoms with E-state index in [0.717, 1.165) is 18.0 Å². The van der Waals surface area contributed by atoms with Crippen molar-refractivity contribution in [3.63, 3.8) is 0 Å². The molecule has 1 aromatic rings. The van der Waals surface area contributed by atoms with Crippen molar-refractivity contribution in [1.82, 2.24) is 9.69 Å². The molecule has 2 atom stereocenters. The summed E-state index contributed by atoms with van der Waals surface area (Å²) in [5, 5.41) is 3.83. The summed E-state index contributed by atoms with van der Waals surface area (Å²) in [6.45, 7) is 9.33. The van der Waals surface area contributed by atoms with Gasteiger partial charge in [-0.15, -0.1) is 0 Å². The number of rotatable bonds is 3. The molecule has 0 aromatic carbocycles. The molecule has 0 aliphatic carbocycles. The van der Waals surface area contributed by atoms with E-state index in [1.165, 1.54) is 18.0 Å². The summed E-state index contributed by atoms with van der Waals surface area (Å²) in [6, 6.07) is 0.501. The number of anilines is 2. The van der Waals surface area contributed by atoms with E-state index >= 15 is 0 Å². The minimum absolute atomic E-state index is 0.0901. The second kappa shape index (κ2) is 5.99. The Bertz CT molecular complexity index is 486. The van der Waals surface area contributed by atoms with Gasteiger partial charge in [0.25, 0.3) is 5.91 Å². The van der Waals surface area contributed by atoms with Crippen LogP contribution in [0, 0.1) is 5.92 Å². The number of hydrogen-bond donors (Lipinski definition) is 2. The van der Waals surface area contributed by atoms with E-state index < -0.39 is 0 Å². The zero-order chi connectivity index (χ0) is 14.9. The van der Waals surface area contributed by atoms with E-state index in [4.69, 9.17) is 5.73 Å². The van der Waals surface area contributed by atoms with E-state index in [1.807, 2.05) is 13.8 Å². The van der Waals surface area contributed by atoms with Crippen molar-refractivity contribution in [3.05, 3.63) is 5.56 Å². The number of piperidine rings is 1. The van der Waals surface area contributed by atoms with Crippen molar-refractivity contribution in [3.8, 4) is 0 Å². The van der Waals surface area contributed by atoms with Crippen LogP contribution >= 0.6 is 11.5 Å².